The molecule has 42 heavy (non-hydrogen) atoms. The molecule has 2 heterocycles. The lowest BCUT2D eigenvalue weighted by atomic mass is 9.74. The SMILES string of the molecule is COc1ccc(COc2nc(N3CCC4(CCC[C@H]4N[S@](=O)C(C)(C)C)CC3)cnc2Sc2cccc(Cl)c2Cl)cc1. The lowest BCUT2D eigenvalue weighted by molar-refractivity contribution is 0.187. The summed E-state index contributed by atoms with van der Waals surface area (Å²) in [7, 11) is 0.573. The highest BCUT2D eigenvalue weighted by molar-refractivity contribution is 7.99. The summed E-state index contributed by atoms with van der Waals surface area (Å²) in [5.74, 6) is 2.03. The molecule has 0 radical (unpaired) electrons. The molecule has 0 amide bonds. The zero-order valence-corrected chi connectivity index (χ0v) is 27.6. The molecule has 0 unspecified atom stereocenters. The predicted molar refractivity (Wildman–Crippen MR) is 172 cm³/mol. The Morgan fingerprint density at radius 2 is 1.86 bits per heavy atom. The van der Waals surface area contributed by atoms with Crippen LogP contribution in [0.3, 0.4) is 0 Å². The van der Waals surface area contributed by atoms with E-state index >= 15 is 0 Å². The van der Waals surface area contributed by atoms with Gasteiger partial charge in [-0.1, -0.05) is 59.6 Å². The van der Waals surface area contributed by atoms with Crippen LogP contribution in [-0.2, 0) is 17.6 Å². The van der Waals surface area contributed by atoms with Crippen LogP contribution in [0.25, 0.3) is 0 Å². The summed E-state index contributed by atoms with van der Waals surface area (Å²) in [6.07, 6.45) is 7.26. The lowest BCUT2D eigenvalue weighted by Crippen LogP contribution is -2.51. The molecule has 1 aliphatic carbocycles. The van der Waals surface area contributed by atoms with E-state index in [4.69, 9.17) is 42.6 Å². The topological polar surface area (TPSA) is 76.6 Å². The number of nitrogens with one attached hydrogen (secondary N) is 1. The van der Waals surface area contributed by atoms with E-state index in [1.807, 2.05) is 63.4 Å². The van der Waals surface area contributed by atoms with Gasteiger partial charge in [0.05, 0.1) is 39.1 Å². The van der Waals surface area contributed by atoms with E-state index in [2.05, 4.69) is 9.62 Å². The minimum absolute atomic E-state index is 0.164. The Kier molecular flexibility index (Phi) is 9.94. The molecule has 0 bridgehead atoms. The summed E-state index contributed by atoms with van der Waals surface area (Å²) in [5.41, 5.74) is 1.16. The van der Waals surface area contributed by atoms with E-state index in [0.29, 0.717) is 27.6 Å². The molecule has 1 spiro atoms. The molecule has 1 saturated heterocycles. The molecular weight excluding hydrogens is 611 g/mol. The normalized spacial score (nSPS) is 19.2. The van der Waals surface area contributed by atoms with Crippen LogP contribution in [0.4, 0.5) is 5.82 Å². The molecule has 11 heteroatoms. The van der Waals surface area contributed by atoms with E-state index in [1.165, 1.54) is 18.2 Å². The van der Waals surface area contributed by atoms with Crippen LogP contribution in [0.5, 0.6) is 11.6 Å². The highest BCUT2D eigenvalue weighted by Gasteiger charge is 2.46. The van der Waals surface area contributed by atoms with Crippen molar-refractivity contribution in [3.05, 3.63) is 64.3 Å². The van der Waals surface area contributed by atoms with Gasteiger partial charge in [0.2, 0.25) is 5.88 Å². The van der Waals surface area contributed by atoms with Crippen LogP contribution in [0.2, 0.25) is 10.0 Å². The highest BCUT2D eigenvalue weighted by atomic mass is 35.5. The van der Waals surface area contributed by atoms with Crippen LogP contribution in [0.1, 0.15) is 58.4 Å². The third-order valence-corrected chi connectivity index (χ3v) is 11.7. The Morgan fingerprint density at radius 3 is 2.55 bits per heavy atom. The second-order valence-electron chi connectivity index (χ2n) is 11.9. The fourth-order valence-electron chi connectivity index (χ4n) is 5.62. The maximum atomic E-state index is 12.9. The summed E-state index contributed by atoms with van der Waals surface area (Å²) in [6.45, 7) is 8.13. The van der Waals surface area contributed by atoms with Crippen LogP contribution in [0.15, 0.2) is 58.6 Å². The number of ether oxygens (including phenoxy) is 2. The van der Waals surface area contributed by atoms with Crippen molar-refractivity contribution < 1.29 is 13.7 Å². The molecule has 7 nitrogen and oxygen atoms in total. The number of rotatable bonds is 9. The number of halogens is 2. The Labute approximate surface area is 265 Å². The summed E-state index contributed by atoms with van der Waals surface area (Å²) < 4.78 is 27.7. The maximum Gasteiger partial charge on any atom is 0.249 e. The first-order valence-corrected chi connectivity index (χ1v) is 17.0. The number of nitrogens with zero attached hydrogens (tertiary/aromatic N) is 3. The third-order valence-electron chi connectivity index (χ3n) is 8.15. The quantitative estimate of drug-likeness (QED) is 0.255. The van der Waals surface area contributed by atoms with Gasteiger partial charge in [0.25, 0.3) is 0 Å². The lowest BCUT2D eigenvalue weighted by Gasteiger charge is -2.44. The van der Waals surface area contributed by atoms with E-state index in [-0.39, 0.29) is 16.2 Å². The number of anilines is 1. The van der Waals surface area contributed by atoms with Gasteiger partial charge < -0.3 is 14.4 Å². The third kappa shape index (κ3) is 7.18. The Hall–Kier alpha value is -2.04. The molecular formula is C31H38Cl2N4O3S2. The first kappa shape index (κ1) is 31.4. The van der Waals surface area contributed by atoms with Crippen LogP contribution < -0.4 is 19.1 Å². The van der Waals surface area contributed by atoms with Gasteiger partial charge in [-0.3, -0.25) is 0 Å². The van der Waals surface area contributed by atoms with Crippen LogP contribution >= 0.6 is 35.0 Å². The number of aromatic nitrogens is 2. The Bertz CT molecular complexity index is 1410. The summed E-state index contributed by atoms with van der Waals surface area (Å²) in [6, 6.07) is 13.6. The summed E-state index contributed by atoms with van der Waals surface area (Å²) >= 11 is 14.1. The first-order valence-electron chi connectivity index (χ1n) is 14.3. The highest BCUT2D eigenvalue weighted by Crippen LogP contribution is 2.47. The second kappa shape index (κ2) is 13.3. The van der Waals surface area contributed by atoms with Crippen molar-refractivity contribution >= 4 is 51.8 Å². The van der Waals surface area contributed by atoms with Gasteiger partial charge >= 0.3 is 0 Å². The monoisotopic (exact) mass is 648 g/mol. The minimum atomic E-state index is -1.08. The fourth-order valence-corrected chi connectivity index (χ4v) is 7.92. The zero-order valence-electron chi connectivity index (χ0n) is 24.5. The minimum Gasteiger partial charge on any atom is -0.497 e. The Balaban J connectivity index is 1.34. The van der Waals surface area contributed by atoms with Crippen LogP contribution in [-0.4, -0.2) is 45.2 Å². The van der Waals surface area contributed by atoms with E-state index < -0.39 is 11.0 Å². The van der Waals surface area contributed by atoms with Crippen molar-refractivity contribution in [1.82, 2.24) is 14.7 Å². The summed E-state index contributed by atoms with van der Waals surface area (Å²) in [5, 5.41) is 1.58. The average Bonchev–Trinajstić information content (AvgIpc) is 3.36. The molecule has 2 fully saturated rings. The van der Waals surface area contributed by atoms with Crippen molar-refractivity contribution in [3.8, 4) is 11.6 Å². The molecule has 2 atom stereocenters. The van der Waals surface area contributed by atoms with Crippen molar-refractivity contribution in [2.24, 2.45) is 5.41 Å². The standard InChI is InChI=1S/C31H38Cl2N4O3S2/c1-30(2,3)42(38)36-25-9-6-14-31(25)15-17-37(18-16-31)26-19-34-29(41-24-8-5-7-23(32)27(24)33)28(35-26)40-20-21-10-12-22(39-4)13-11-21/h5,7-8,10-13,19,25,36H,6,9,14-18,20H2,1-4H3/t25-,42-/m1/s1. The maximum absolute atomic E-state index is 12.9. The Morgan fingerprint density at radius 1 is 1.12 bits per heavy atom. The number of methoxy groups -OCH3 is 1. The molecule has 3 aromatic rings. The zero-order chi connectivity index (χ0) is 29.9. The van der Waals surface area contributed by atoms with Gasteiger partial charge in [0.15, 0.2) is 10.8 Å². The van der Waals surface area contributed by atoms with Crippen molar-refractivity contribution in [2.45, 2.75) is 80.2 Å². The van der Waals surface area contributed by atoms with Crippen molar-refractivity contribution in [3.63, 3.8) is 0 Å². The summed E-state index contributed by atoms with van der Waals surface area (Å²) in [4.78, 5) is 12.8. The molecule has 5 rings (SSSR count). The second-order valence-corrected chi connectivity index (χ2v) is 15.7. The van der Waals surface area contributed by atoms with Gasteiger partial charge in [0.1, 0.15) is 12.4 Å². The van der Waals surface area contributed by atoms with E-state index in [0.717, 1.165) is 60.8 Å². The van der Waals surface area contributed by atoms with Crippen molar-refractivity contribution in [2.75, 3.05) is 25.1 Å². The number of hydrogen-bond donors (Lipinski definition) is 1. The molecule has 1 saturated carbocycles. The van der Waals surface area contributed by atoms with E-state index in [1.54, 1.807) is 13.2 Å². The smallest absolute Gasteiger partial charge is 0.249 e. The van der Waals surface area contributed by atoms with Gasteiger partial charge in [-0.05, 0) is 81.7 Å². The van der Waals surface area contributed by atoms with Gasteiger partial charge in [0, 0.05) is 24.0 Å². The van der Waals surface area contributed by atoms with E-state index in [9.17, 15) is 4.21 Å². The van der Waals surface area contributed by atoms with Gasteiger partial charge in [-0.2, -0.15) is 4.98 Å². The number of piperidine rings is 1. The molecule has 2 aliphatic rings. The molecule has 1 aliphatic heterocycles. The van der Waals surface area contributed by atoms with Gasteiger partial charge in [-0.25, -0.2) is 13.9 Å². The van der Waals surface area contributed by atoms with Crippen LogP contribution in [0, 0.1) is 5.41 Å². The van der Waals surface area contributed by atoms with Gasteiger partial charge in [-0.15, -0.1) is 0 Å². The number of benzene rings is 2. The predicted octanol–water partition coefficient (Wildman–Crippen LogP) is 7.71. The molecule has 1 aromatic heterocycles. The largest absolute Gasteiger partial charge is 0.497 e. The molecule has 1 N–H and O–H groups in total. The van der Waals surface area contributed by atoms with Crippen molar-refractivity contribution in [1.29, 1.82) is 0 Å². The molecule has 2 aromatic carbocycles. The fraction of sp³-hybridized carbons (Fsp3) is 0.484. The average molecular weight is 650 g/mol. The first-order chi connectivity index (χ1) is 20.1. The molecule has 226 valence electrons. The number of hydrogen-bond acceptors (Lipinski definition) is 7.